The van der Waals surface area contributed by atoms with Crippen LogP contribution in [0.5, 0.6) is 5.75 Å². The van der Waals surface area contributed by atoms with E-state index in [1.54, 1.807) is 19.1 Å². The highest BCUT2D eigenvalue weighted by Crippen LogP contribution is 2.25. The Bertz CT molecular complexity index is 708. The third-order valence-electron chi connectivity index (χ3n) is 2.92. The first-order valence-electron chi connectivity index (χ1n) is 6.89. The molecule has 0 heterocycles. The molecule has 1 amide bonds. The minimum absolute atomic E-state index is 0.0568. The summed E-state index contributed by atoms with van der Waals surface area (Å²) in [7, 11) is 0. The van der Waals surface area contributed by atoms with Crippen molar-refractivity contribution < 1.29 is 23.0 Å². The van der Waals surface area contributed by atoms with Gasteiger partial charge in [-0.3, -0.25) is 5.32 Å². The van der Waals surface area contributed by atoms with Crippen LogP contribution < -0.4 is 15.8 Å². The summed E-state index contributed by atoms with van der Waals surface area (Å²) in [5, 5.41) is 2.49. The summed E-state index contributed by atoms with van der Waals surface area (Å²) >= 11 is 0. The zero-order valence-electron chi connectivity index (χ0n) is 12.4. The summed E-state index contributed by atoms with van der Waals surface area (Å²) < 4.78 is 36.2. The summed E-state index contributed by atoms with van der Waals surface area (Å²) in [6.45, 7) is 2.00. The van der Waals surface area contributed by atoms with E-state index in [9.17, 15) is 13.6 Å². The molecule has 0 saturated heterocycles. The first-order valence-corrected chi connectivity index (χ1v) is 6.89. The van der Waals surface area contributed by atoms with Gasteiger partial charge < -0.3 is 15.2 Å². The van der Waals surface area contributed by atoms with Gasteiger partial charge in [-0.2, -0.15) is 0 Å². The molecule has 5 nitrogen and oxygen atoms in total. The summed E-state index contributed by atoms with van der Waals surface area (Å²) in [5.74, 6) is -1.41. The van der Waals surface area contributed by atoms with Crippen LogP contribution in [0.25, 0.3) is 0 Å². The van der Waals surface area contributed by atoms with Crippen molar-refractivity contribution in [2.24, 2.45) is 0 Å². The van der Waals surface area contributed by atoms with Crippen LogP contribution in [0, 0.1) is 11.6 Å². The summed E-state index contributed by atoms with van der Waals surface area (Å²) in [6, 6.07) is 8.20. The van der Waals surface area contributed by atoms with Gasteiger partial charge >= 0.3 is 6.09 Å². The van der Waals surface area contributed by atoms with E-state index in [2.05, 4.69) is 5.32 Å². The first-order chi connectivity index (χ1) is 11.0. The van der Waals surface area contributed by atoms with Crippen molar-refractivity contribution in [1.29, 1.82) is 0 Å². The van der Waals surface area contributed by atoms with E-state index in [1.165, 1.54) is 12.1 Å². The molecule has 2 aromatic rings. The Balaban J connectivity index is 1.99. The number of hydrogen-bond donors (Lipinski definition) is 2. The number of rotatable bonds is 5. The van der Waals surface area contributed by atoms with Gasteiger partial charge in [-0.25, -0.2) is 13.6 Å². The second-order valence-corrected chi connectivity index (χ2v) is 4.63. The molecule has 0 atom stereocenters. The number of nitrogens with two attached hydrogens (primary N) is 1. The van der Waals surface area contributed by atoms with Gasteiger partial charge in [0.15, 0.2) is 11.6 Å². The third kappa shape index (κ3) is 4.57. The Morgan fingerprint density at radius 3 is 2.61 bits per heavy atom. The number of nitrogen functional groups attached to an aromatic ring is 1. The summed E-state index contributed by atoms with van der Waals surface area (Å²) in [4.78, 5) is 11.3. The number of benzene rings is 2. The molecule has 0 aliphatic heterocycles. The molecular formula is C16H16F2N2O3. The van der Waals surface area contributed by atoms with E-state index in [4.69, 9.17) is 15.2 Å². The lowest BCUT2D eigenvalue weighted by Gasteiger charge is -2.11. The van der Waals surface area contributed by atoms with Gasteiger partial charge in [0, 0.05) is 6.07 Å². The maximum Gasteiger partial charge on any atom is 0.411 e. The molecule has 0 saturated carbocycles. The Hall–Kier alpha value is -2.83. The fourth-order valence-electron chi connectivity index (χ4n) is 1.82. The second-order valence-electron chi connectivity index (χ2n) is 4.63. The number of hydrogen-bond acceptors (Lipinski definition) is 4. The van der Waals surface area contributed by atoms with Gasteiger partial charge in [0.05, 0.1) is 18.0 Å². The predicted molar refractivity (Wildman–Crippen MR) is 82.2 cm³/mol. The molecule has 7 heteroatoms. The molecule has 0 unspecified atom stereocenters. The zero-order chi connectivity index (χ0) is 16.8. The fourth-order valence-corrected chi connectivity index (χ4v) is 1.82. The van der Waals surface area contributed by atoms with Crippen LogP contribution in [0.1, 0.15) is 12.5 Å². The number of carbonyl (C=O) groups is 1. The highest BCUT2D eigenvalue weighted by molar-refractivity contribution is 5.89. The van der Waals surface area contributed by atoms with Crippen LogP contribution in [0.4, 0.5) is 25.0 Å². The Labute approximate surface area is 132 Å². The predicted octanol–water partition coefficient (Wildman–Crippen LogP) is 3.69. The van der Waals surface area contributed by atoms with Crippen LogP contribution in [-0.2, 0) is 11.3 Å². The van der Waals surface area contributed by atoms with Crippen molar-refractivity contribution in [1.82, 2.24) is 0 Å². The molecule has 0 aromatic heterocycles. The normalized spacial score (nSPS) is 10.2. The standard InChI is InChI=1S/C16H16F2N2O3/c1-2-22-16(21)20-15-6-4-11(8-14(15)19)23-9-10-3-5-12(17)13(18)7-10/h3-8H,2,9,19H2,1H3,(H,20,21). The Morgan fingerprint density at radius 1 is 1.17 bits per heavy atom. The molecule has 0 aliphatic rings. The number of carbonyl (C=O) groups excluding carboxylic acids is 1. The molecule has 3 N–H and O–H groups in total. The quantitative estimate of drug-likeness (QED) is 0.823. The SMILES string of the molecule is CCOC(=O)Nc1ccc(OCc2ccc(F)c(F)c2)cc1N. The van der Waals surface area contributed by atoms with Crippen LogP contribution in [0.15, 0.2) is 36.4 Å². The van der Waals surface area contributed by atoms with Gasteiger partial charge in [-0.15, -0.1) is 0 Å². The molecular weight excluding hydrogens is 306 g/mol. The minimum atomic E-state index is -0.931. The van der Waals surface area contributed by atoms with Gasteiger partial charge in [-0.1, -0.05) is 6.07 Å². The molecule has 0 bridgehead atoms. The fraction of sp³-hybridized carbons (Fsp3) is 0.188. The molecule has 0 radical (unpaired) electrons. The molecule has 0 spiro atoms. The maximum absolute atomic E-state index is 13.1. The largest absolute Gasteiger partial charge is 0.489 e. The van der Waals surface area contributed by atoms with E-state index in [1.807, 2.05) is 0 Å². The van der Waals surface area contributed by atoms with Gasteiger partial charge in [0.2, 0.25) is 0 Å². The molecule has 23 heavy (non-hydrogen) atoms. The lowest BCUT2D eigenvalue weighted by molar-refractivity contribution is 0.168. The van der Waals surface area contributed by atoms with E-state index >= 15 is 0 Å². The third-order valence-corrected chi connectivity index (χ3v) is 2.92. The van der Waals surface area contributed by atoms with Crippen LogP contribution >= 0.6 is 0 Å². The number of ether oxygens (including phenoxy) is 2. The van der Waals surface area contributed by atoms with Crippen molar-refractivity contribution in [2.45, 2.75) is 13.5 Å². The van der Waals surface area contributed by atoms with Gasteiger partial charge in [0.1, 0.15) is 12.4 Å². The van der Waals surface area contributed by atoms with E-state index < -0.39 is 17.7 Å². The Kier molecular flexibility index (Phi) is 5.35. The molecule has 0 aliphatic carbocycles. The molecule has 2 rings (SSSR count). The van der Waals surface area contributed by atoms with Crippen molar-refractivity contribution in [2.75, 3.05) is 17.7 Å². The smallest absolute Gasteiger partial charge is 0.411 e. The van der Waals surface area contributed by atoms with Crippen molar-refractivity contribution in [3.05, 3.63) is 53.6 Å². The molecule has 0 fully saturated rings. The highest BCUT2D eigenvalue weighted by atomic mass is 19.2. The summed E-state index contributed by atoms with van der Waals surface area (Å²) in [5.41, 5.74) is 6.99. The monoisotopic (exact) mass is 322 g/mol. The topological polar surface area (TPSA) is 73.6 Å². The van der Waals surface area contributed by atoms with E-state index in [0.29, 0.717) is 22.7 Å². The lowest BCUT2D eigenvalue weighted by Crippen LogP contribution is -2.14. The molecule has 122 valence electrons. The van der Waals surface area contributed by atoms with Crippen molar-refractivity contribution in [3.63, 3.8) is 0 Å². The number of nitrogens with one attached hydrogen (secondary N) is 1. The highest BCUT2D eigenvalue weighted by Gasteiger charge is 2.07. The first kappa shape index (κ1) is 16.5. The van der Waals surface area contributed by atoms with Gasteiger partial charge in [-0.05, 0) is 36.8 Å². The zero-order valence-corrected chi connectivity index (χ0v) is 12.4. The lowest BCUT2D eigenvalue weighted by atomic mass is 10.2. The van der Waals surface area contributed by atoms with Crippen LogP contribution in [0.3, 0.4) is 0 Å². The summed E-state index contributed by atoms with van der Waals surface area (Å²) in [6.07, 6.45) is -0.602. The van der Waals surface area contributed by atoms with E-state index in [-0.39, 0.29) is 13.2 Å². The average Bonchev–Trinajstić information content (AvgIpc) is 2.51. The minimum Gasteiger partial charge on any atom is -0.489 e. The second kappa shape index (κ2) is 7.44. The number of amides is 1. The van der Waals surface area contributed by atoms with E-state index in [0.717, 1.165) is 12.1 Å². The van der Waals surface area contributed by atoms with Crippen molar-refractivity contribution >= 4 is 17.5 Å². The number of anilines is 2. The van der Waals surface area contributed by atoms with Crippen molar-refractivity contribution in [3.8, 4) is 5.75 Å². The average molecular weight is 322 g/mol. The maximum atomic E-state index is 13.1. The molecule has 2 aromatic carbocycles. The van der Waals surface area contributed by atoms with Crippen LogP contribution in [0.2, 0.25) is 0 Å². The Morgan fingerprint density at radius 2 is 1.96 bits per heavy atom. The van der Waals surface area contributed by atoms with Gasteiger partial charge in [0.25, 0.3) is 0 Å². The van der Waals surface area contributed by atoms with Crippen LogP contribution in [-0.4, -0.2) is 12.7 Å². The number of halogens is 2.